The van der Waals surface area contributed by atoms with Crippen LogP contribution in [0.4, 0.5) is 0 Å². The Hall–Kier alpha value is 0.600. The molecule has 2 fully saturated rings. The number of rotatable bonds is 1. The van der Waals surface area contributed by atoms with Gasteiger partial charge in [0.15, 0.2) is 0 Å². The third-order valence-corrected chi connectivity index (χ3v) is 4.99. The number of hydrogen-bond donors (Lipinski definition) is 0. The van der Waals surface area contributed by atoms with Gasteiger partial charge in [-0.25, -0.2) is 0 Å². The first-order valence-electron chi connectivity index (χ1n) is 4.87. The van der Waals surface area contributed by atoms with Gasteiger partial charge in [0.05, 0.1) is 24.7 Å². The molecule has 12 heavy (non-hydrogen) atoms. The van der Waals surface area contributed by atoms with Crippen LogP contribution in [-0.2, 0) is 0 Å². The number of nitrogens with zero attached hydrogens (tertiary/aromatic N) is 1. The zero-order chi connectivity index (χ0) is 8.44. The maximum absolute atomic E-state index is 6.00. The Balaban J connectivity index is 2.05. The maximum Gasteiger partial charge on any atom is 0.126 e. The van der Waals surface area contributed by atoms with Crippen molar-refractivity contribution in [1.29, 1.82) is 0 Å². The van der Waals surface area contributed by atoms with Crippen molar-refractivity contribution in [3.63, 3.8) is 0 Å². The molecule has 0 aliphatic carbocycles. The molecule has 2 aliphatic rings. The Morgan fingerprint density at radius 3 is 2.67 bits per heavy atom. The molecule has 2 heterocycles. The first kappa shape index (κ1) is 9.17. The van der Waals surface area contributed by atoms with Crippen LogP contribution in [0.15, 0.2) is 0 Å². The minimum absolute atomic E-state index is 0.761. The lowest BCUT2D eigenvalue weighted by molar-refractivity contribution is -0.934. The van der Waals surface area contributed by atoms with Crippen LogP contribution < -0.4 is 0 Å². The second-order valence-corrected chi connectivity index (χ2v) is 5.34. The summed E-state index contributed by atoms with van der Waals surface area (Å²) in [5.74, 6) is 3.49. The van der Waals surface area contributed by atoms with Gasteiger partial charge in [-0.3, -0.25) is 0 Å². The molecular formula is C9H17ClNS+. The Bertz CT molecular complexity index is 157. The summed E-state index contributed by atoms with van der Waals surface area (Å²) in [6.07, 6.45) is 4.29. The van der Waals surface area contributed by atoms with Crippen molar-refractivity contribution in [3.8, 4) is 0 Å². The Labute approximate surface area is 84.0 Å². The van der Waals surface area contributed by atoms with Crippen LogP contribution in [-0.4, -0.2) is 41.1 Å². The van der Waals surface area contributed by atoms with Gasteiger partial charge >= 0.3 is 0 Å². The van der Waals surface area contributed by atoms with Crippen molar-refractivity contribution < 1.29 is 4.48 Å². The third-order valence-electron chi connectivity index (χ3n) is 3.32. The predicted octanol–water partition coefficient (Wildman–Crippen LogP) is 2.30. The van der Waals surface area contributed by atoms with Crippen molar-refractivity contribution in [2.24, 2.45) is 0 Å². The molecule has 0 N–H and O–H groups in total. The van der Waals surface area contributed by atoms with Gasteiger partial charge in [0.2, 0.25) is 0 Å². The minimum Gasteiger partial charge on any atom is -0.311 e. The molecule has 0 saturated carbocycles. The molecule has 3 heteroatoms. The van der Waals surface area contributed by atoms with Crippen LogP contribution in [0.2, 0.25) is 0 Å². The normalized spacial score (nSPS) is 34.2. The molecule has 1 atom stereocenters. The molecule has 2 rings (SSSR count). The summed E-state index contributed by atoms with van der Waals surface area (Å²) >= 11 is 8.10. The summed E-state index contributed by atoms with van der Waals surface area (Å²) < 4.78 is 1.34. The molecule has 1 unspecified atom stereocenters. The molecule has 0 aromatic heterocycles. The SMILES string of the molecule is ClCC1CSC[N+]12CCCCC2. The monoisotopic (exact) mass is 206 g/mol. The lowest BCUT2D eigenvalue weighted by Gasteiger charge is -2.41. The van der Waals surface area contributed by atoms with Gasteiger partial charge in [-0.05, 0) is 19.3 Å². The molecule has 0 aromatic rings. The van der Waals surface area contributed by atoms with Gasteiger partial charge in [-0.1, -0.05) is 11.8 Å². The molecule has 1 spiro atoms. The Morgan fingerprint density at radius 2 is 2.00 bits per heavy atom. The van der Waals surface area contributed by atoms with Crippen molar-refractivity contribution in [2.45, 2.75) is 25.3 Å². The lowest BCUT2D eigenvalue weighted by Crippen LogP contribution is -2.55. The van der Waals surface area contributed by atoms with E-state index in [0.717, 1.165) is 11.9 Å². The van der Waals surface area contributed by atoms with E-state index in [9.17, 15) is 0 Å². The van der Waals surface area contributed by atoms with Crippen molar-refractivity contribution in [1.82, 2.24) is 0 Å². The second kappa shape index (κ2) is 3.77. The molecule has 0 bridgehead atoms. The maximum atomic E-state index is 6.00. The fourth-order valence-electron chi connectivity index (χ4n) is 2.46. The smallest absolute Gasteiger partial charge is 0.126 e. The highest BCUT2D eigenvalue weighted by atomic mass is 35.5. The van der Waals surface area contributed by atoms with E-state index in [1.165, 1.54) is 48.5 Å². The quantitative estimate of drug-likeness (QED) is 0.469. The van der Waals surface area contributed by atoms with Crippen molar-refractivity contribution >= 4 is 23.4 Å². The Morgan fingerprint density at radius 1 is 1.25 bits per heavy atom. The molecule has 2 saturated heterocycles. The number of quaternary nitrogens is 1. The van der Waals surface area contributed by atoms with Gasteiger partial charge in [0, 0.05) is 0 Å². The fraction of sp³-hybridized carbons (Fsp3) is 1.00. The lowest BCUT2D eigenvalue weighted by atomic mass is 10.1. The number of alkyl halides is 1. The highest BCUT2D eigenvalue weighted by molar-refractivity contribution is 7.99. The number of hydrogen-bond acceptors (Lipinski definition) is 1. The Kier molecular flexibility index (Phi) is 2.88. The summed E-state index contributed by atoms with van der Waals surface area (Å²) in [5, 5.41) is 0. The zero-order valence-corrected chi connectivity index (χ0v) is 9.04. The van der Waals surface area contributed by atoms with Gasteiger partial charge < -0.3 is 4.48 Å². The average molecular weight is 207 g/mol. The second-order valence-electron chi connectivity index (χ2n) is 4.03. The van der Waals surface area contributed by atoms with E-state index in [-0.39, 0.29) is 0 Å². The van der Waals surface area contributed by atoms with Crippen molar-refractivity contribution in [3.05, 3.63) is 0 Å². The summed E-state index contributed by atoms with van der Waals surface area (Å²) in [6, 6.07) is 0.761. The highest BCUT2D eigenvalue weighted by Crippen LogP contribution is 2.34. The molecule has 0 radical (unpaired) electrons. The van der Waals surface area contributed by atoms with Crippen LogP contribution in [0, 0.1) is 0 Å². The molecule has 2 aliphatic heterocycles. The number of piperidine rings is 1. The third kappa shape index (κ3) is 1.49. The summed E-state index contributed by atoms with van der Waals surface area (Å²) in [5.41, 5.74) is 0. The van der Waals surface area contributed by atoms with Gasteiger partial charge in [0.25, 0.3) is 0 Å². The fourth-order valence-corrected chi connectivity index (χ4v) is 4.64. The first-order valence-corrected chi connectivity index (χ1v) is 6.56. The number of halogens is 1. The van der Waals surface area contributed by atoms with Crippen molar-refractivity contribution in [2.75, 3.05) is 30.6 Å². The predicted molar refractivity (Wildman–Crippen MR) is 55.7 cm³/mol. The average Bonchev–Trinajstić information content (AvgIpc) is 2.49. The van der Waals surface area contributed by atoms with E-state index in [1.54, 1.807) is 0 Å². The van der Waals surface area contributed by atoms with E-state index in [1.807, 2.05) is 0 Å². The van der Waals surface area contributed by atoms with Crippen LogP contribution in [0.25, 0.3) is 0 Å². The zero-order valence-electron chi connectivity index (χ0n) is 7.47. The molecule has 1 nitrogen and oxygen atoms in total. The largest absolute Gasteiger partial charge is 0.311 e. The van der Waals surface area contributed by atoms with E-state index in [0.29, 0.717) is 0 Å². The summed E-state index contributed by atoms with van der Waals surface area (Å²) in [4.78, 5) is 0. The van der Waals surface area contributed by atoms with Gasteiger partial charge in [0.1, 0.15) is 11.9 Å². The first-order chi connectivity index (χ1) is 5.87. The molecule has 70 valence electrons. The highest BCUT2D eigenvalue weighted by Gasteiger charge is 2.42. The molecular weight excluding hydrogens is 190 g/mol. The van der Waals surface area contributed by atoms with E-state index in [4.69, 9.17) is 11.6 Å². The molecule has 0 amide bonds. The van der Waals surface area contributed by atoms with E-state index < -0.39 is 0 Å². The van der Waals surface area contributed by atoms with Gasteiger partial charge in [-0.2, -0.15) is 0 Å². The van der Waals surface area contributed by atoms with E-state index in [2.05, 4.69) is 11.8 Å². The van der Waals surface area contributed by atoms with E-state index >= 15 is 0 Å². The van der Waals surface area contributed by atoms with Crippen LogP contribution in [0.5, 0.6) is 0 Å². The van der Waals surface area contributed by atoms with Crippen LogP contribution in [0.3, 0.4) is 0 Å². The van der Waals surface area contributed by atoms with Crippen LogP contribution >= 0.6 is 23.4 Å². The summed E-state index contributed by atoms with van der Waals surface area (Å²) in [7, 11) is 0. The minimum atomic E-state index is 0.761. The molecule has 0 aromatic carbocycles. The summed E-state index contributed by atoms with van der Waals surface area (Å²) in [6.45, 7) is 2.79. The van der Waals surface area contributed by atoms with Crippen LogP contribution in [0.1, 0.15) is 19.3 Å². The number of thioether (sulfide) groups is 1. The topological polar surface area (TPSA) is 0 Å². The van der Waals surface area contributed by atoms with Gasteiger partial charge in [-0.15, -0.1) is 11.6 Å². The standard InChI is InChI=1S/C9H17ClNS/c10-6-9-7-12-8-11(9)4-2-1-3-5-11/h9H,1-8H2/q+1.